The summed E-state index contributed by atoms with van der Waals surface area (Å²) in [6, 6.07) is 7.55. The molecule has 0 saturated carbocycles. The number of aromatic carboxylic acids is 1. The first-order valence-electron chi connectivity index (χ1n) is 5.71. The molecule has 2 aromatic carbocycles. The van der Waals surface area contributed by atoms with E-state index >= 15 is 0 Å². The van der Waals surface area contributed by atoms with E-state index in [9.17, 15) is 4.79 Å². The smallest absolute Gasteiger partial charge is 0.335 e. The summed E-state index contributed by atoms with van der Waals surface area (Å²) in [5.74, 6) is -1.04. The van der Waals surface area contributed by atoms with Crippen molar-refractivity contribution in [2.75, 3.05) is 0 Å². The normalized spacial score (nSPS) is 11.0. The third-order valence-corrected chi connectivity index (χ3v) is 3.94. The second kappa shape index (κ2) is 5.18. The first kappa shape index (κ1) is 14.1. The summed E-state index contributed by atoms with van der Waals surface area (Å²) in [7, 11) is 0. The van der Waals surface area contributed by atoms with Crippen molar-refractivity contribution < 1.29 is 9.90 Å². The van der Waals surface area contributed by atoms with E-state index in [2.05, 4.69) is 10.3 Å². The maximum Gasteiger partial charge on any atom is 0.335 e. The summed E-state index contributed by atoms with van der Waals surface area (Å²) in [6.07, 6.45) is 0. The Labute approximate surface area is 133 Å². The Bertz CT molecular complexity index is 876. The van der Waals surface area contributed by atoms with Crippen LogP contribution in [0.25, 0.3) is 16.7 Å². The molecule has 21 heavy (non-hydrogen) atoms. The van der Waals surface area contributed by atoms with Gasteiger partial charge in [-0.3, -0.25) is 0 Å². The Morgan fingerprint density at radius 2 is 1.76 bits per heavy atom. The van der Waals surface area contributed by atoms with E-state index in [4.69, 9.17) is 39.9 Å². The summed E-state index contributed by atoms with van der Waals surface area (Å²) in [5.41, 5.74) is 1.65. The predicted octanol–water partition coefficient (Wildman–Crippen LogP) is 4.08. The molecule has 1 aromatic heterocycles. The molecule has 1 N–H and O–H groups in total. The Hall–Kier alpha value is -1.82. The number of carboxylic acids is 1. The third-order valence-electron chi connectivity index (χ3n) is 2.91. The number of hydrogen-bond acceptors (Lipinski definition) is 3. The summed E-state index contributed by atoms with van der Waals surface area (Å²) in [6.45, 7) is 0. The van der Waals surface area contributed by atoms with Crippen molar-refractivity contribution in [1.82, 2.24) is 15.0 Å². The second-order valence-electron chi connectivity index (χ2n) is 4.23. The van der Waals surface area contributed by atoms with Crippen molar-refractivity contribution in [3.63, 3.8) is 0 Å². The molecular weight excluding hydrogens is 337 g/mol. The second-order valence-corrected chi connectivity index (χ2v) is 5.45. The average molecular weight is 343 g/mol. The highest BCUT2D eigenvalue weighted by atomic mass is 35.5. The molecule has 3 aromatic rings. The number of rotatable bonds is 2. The first-order valence-corrected chi connectivity index (χ1v) is 6.84. The zero-order valence-corrected chi connectivity index (χ0v) is 12.5. The summed E-state index contributed by atoms with van der Waals surface area (Å²) < 4.78 is 1.42. The first-order chi connectivity index (χ1) is 9.97. The largest absolute Gasteiger partial charge is 0.478 e. The van der Waals surface area contributed by atoms with Gasteiger partial charge in [-0.05, 0) is 30.3 Å². The van der Waals surface area contributed by atoms with Crippen molar-refractivity contribution in [2.24, 2.45) is 0 Å². The zero-order chi connectivity index (χ0) is 15.1. The molecule has 8 heteroatoms. The molecular formula is C13H6Cl3N3O2. The van der Waals surface area contributed by atoms with Crippen LogP contribution in [0.5, 0.6) is 0 Å². The van der Waals surface area contributed by atoms with Gasteiger partial charge in [0.2, 0.25) is 0 Å². The van der Waals surface area contributed by atoms with Crippen LogP contribution in [0.1, 0.15) is 10.4 Å². The molecule has 5 nitrogen and oxygen atoms in total. The number of carboxylic acid groups (broad SMARTS) is 1. The number of hydrogen-bond donors (Lipinski definition) is 1. The van der Waals surface area contributed by atoms with E-state index < -0.39 is 5.97 Å². The lowest BCUT2D eigenvalue weighted by Crippen LogP contribution is -2.00. The summed E-state index contributed by atoms with van der Waals surface area (Å²) >= 11 is 18.0. The van der Waals surface area contributed by atoms with Gasteiger partial charge in [-0.2, -0.15) is 0 Å². The Morgan fingerprint density at radius 1 is 1.05 bits per heavy atom. The van der Waals surface area contributed by atoms with Crippen molar-refractivity contribution in [2.45, 2.75) is 0 Å². The van der Waals surface area contributed by atoms with Crippen LogP contribution in [0.15, 0.2) is 30.3 Å². The van der Waals surface area contributed by atoms with Gasteiger partial charge in [0, 0.05) is 0 Å². The molecule has 3 rings (SSSR count). The Morgan fingerprint density at radius 3 is 2.48 bits per heavy atom. The molecule has 0 fully saturated rings. The molecule has 0 aliphatic rings. The standard InChI is InChI=1S/C13H6Cl3N3O2/c14-7-4-9(16)11(5-8(7)15)19-12-3-6(13(20)21)1-2-10(12)17-18-19/h1-5H,(H,20,21). The van der Waals surface area contributed by atoms with E-state index in [1.165, 1.54) is 22.9 Å². The van der Waals surface area contributed by atoms with Gasteiger partial charge >= 0.3 is 5.97 Å². The fraction of sp³-hybridized carbons (Fsp3) is 0. The Kier molecular flexibility index (Phi) is 3.49. The van der Waals surface area contributed by atoms with E-state index in [-0.39, 0.29) is 5.56 Å². The lowest BCUT2D eigenvalue weighted by atomic mass is 10.2. The maximum absolute atomic E-state index is 11.1. The van der Waals surface area contributed by atoms with Gasteiger partial charge in [-0.25, -0.2) is 9.48 Å². The minimum absolute atomic E-state index is 0.127. The minimum atomic E-state index is -1.04. The number of aromatic nitrogens is 3. The molecule has 0 unspecified atom stereocenters. The van der Waals surface area contributed by atoms with Crippen LogP contribution in [0.4, 0.5) is 0 Å². The molecule has 0 atom stereocenters. The van der Waals surface area contributed by atoms with Crippen LogP contribution in [0, 0.1) is 0 Å². The minimum Gasteiger partial charge on any atom is -0.478 e. The highest BCUT2D eigenvalue weighted by Gasteiger charge is 2.14. The number of halogens is 3. The van der Waals surface area contributed by atoms with Gasteiger partial charge in [0.05, 0.1) is 31.8 Å². The molecule has 0 spiro atoms. The van der Waals surface area contributed by atoms with Gasteiger partial charge < -0.3 is 5.11 Å². The molecule has 106 valence electrons. The van der Waals surface area contributed by atoms with Gasteiger partial charge in [0.15, 0.2) is 0 Å². The van der Waals surface area contributed by atoms with E-state index in [1.54, 1.807) is 12.1 Å². The van der Waals surface area contributed by atoms with Crippen LogP contribution in [-0.2, 0) is 0 Å². The van der Waals surface area contributed by atoms with Crippen LogP contribution in [-0.4, -0.2) is 26.1 Å². The molecule has 0 aliphatic heterocycles. The van der Waals surface area contributed by atoms with E-state index in [1.807, 2.05) is 0 Å². The Balaban J connectivity index is 2.27. The average Bonchev–Trinajstić information content (AvgIpc) is 2.85. The molecule has 0 bridgehead atoms. The molecule has 0 aliphatic carbocycles. The summed E-state index contributed by atoms with van der Waals surface area (Å²) in [5, 5.41) is 18.0. The fourth-order valence-corrected chi connectivity index (χ4v) is 2.53. The molecule has 1 heterocycles. The molecule has 0 amide bonds. The SMILES string of the molecule is O=C(O)c1ccc2nnn(-c3cc(Cl)c(Cl)cc3Cl)c2c1. The van der Waals surface area contributed by atoms with Crippen molar-refractivity contribution in [3.8, 4) is 5.69 Å². The highest BCUT2D eigenvalue weighted by molar-refractivity contribution is 6.43. The van der Waals surface area contributed by atoms with Crippen LogP contribution < -0.4 is 0 Å². The van der Waals surface area contributed by atoms with Gasteiger partial charge in [-0.15, -0.1) is 5.10 Å². The molecule has 0 radical (unpaired) electrons. The maximum atomic E-state index is 11.1. The topological polar surface area (TPSA) is 68.0 Å². The monoisotopic (exact) mass is 341 g/mol. The quantitative estimate of drug-likeness (QED) is 0.713. The fourth-order valence-electron chi connectivity index (χ4n) is 1.90. The lowest BCUT2D eigenvalue weighted by molar-refractivity contribution is 0.0697. The predicted molar refractivity (Wildman–Crippen MR) is 80.9 cm³/mol. The van der Waals surface area contributed by atoms with Crippen LogP contribution in [0.2, 0.25) is 15.1 Å². The third kappa shape index (κ3) is 2.44. The number of fused-ring (bicyclic) bond motifs is 1. The van der Waals surface area contributed by atoms with Crippen LogP contribution >= 0.6 is 34.8 Å². The van der Waals surface area contributed by atoms with Crippen LogP contribution in [0.3, 0.4) is 0 Å². The lowest BCUT2D eigenvalue weighted by Gasteiger charge is -2.07. The summed E-state index contributed by atoms with van der Waals surface area (Å²) in [4.78, 5) is 11.1. The number of carbonyl (C=O) groups is 1. The number of nitrogens with zero attached hydrogens (tertiary/aromatic N) is 3. The number of benzene rings is 2. The van der Waals surface area contributed by atoms with Crippen molar-refractivity contribution >= 4 is 51.8 Å². The van der Waals surface area contributed by atoms with Gasteiger partial charge in [0.1, 0.15) is 5.52 Å². The van der Waals surface area contributed by atoms with Gasteiger partial charge in [-0.1, -0.05) is 40.0 Å². The van der Waals surface area contributed by atoms with Crippen molar-refractivity contribution in [1.29, 1.82) is 0 Å². The van der Waals surface area contributed by atoms with E-state index in [0.717, 1.165) is 0 Å². The van der Waals surface area contributed by atoms with E-state index in [0.29, 0.717) is 31.8 Å². The van der Waals surface area contributed by atoms with Gasteiger partial charge in [0.25, 0.3) is 0 Å². The zero-order valence-electron chi connectivity index (χ0n) is 10.2. The molecule has 0 saturated heterocycles. The highest BCUT2D eigenvalue weighted by Crippen LogP contribution is 2.32. The van der Waals surface area contributed by atoms with Crippen molar-refractivity contribution in [3.05, 3.63) is 51.0 Å².